The molecule has 2 aromatic rings. The molecule has 3 heterocycles. The van der Waals surface area contributed by atoms with Crippen LogP contribution >= 0.6 is 0 Å². The lowest BCUT2D eigenvalue weighted by Gasteiger charge is -2.29. The summed E-state index contributed by atoms with van der Waals surface area (Å²) in [6.07, 6.45) is 1.53. The minimum absolute atomic E-state index is 0.557. The Hall–Kier alpha value is -1.73. The van der Waals surface area contributed by atoms with Crippen LogP contribution in [-0.4, -0.2) is 66.3 Å². The molecule has 0 unspecified atom stereocenters. The average Bonchev–Trinajstić information content (AvgIpc) is 2.87. The summed E-state index contributed by atoms with van der Waals surface area (Å²) in [5.74, 6) is 0.892. The van der Waals surface area contributed by atoms with Gasteiger partial charge in [-0.2, -0.15) is 4.98 Å². The highest BCUT2D eigenvalue weighted by Gasteiger charge is 2.16. The molecule has 108 valence electrons. The van der Waals surface area contributed by atoms with Gasteiger partial charge in [0, 0.05) is 46.3 Å². The first-order chi connectivity index (χ1) is 9.75. The van der Waals surface area contributed by atoms with Crippen molar-refractivity contribution in [2.75, 3.05) is 51.2 Å². The summed E-state index contributed by atoms with van der Waals surface area (Å²) in [5, 5.41) is 8.24. The number of aryl methyl sites for hydroxylation is 1. The normalized spacial score (nSPS) is 16.7. The first-order valence-corrected chi connectivity index (χ1v) is 6.97. The standard InChI is InChI=1S/C13H20N6O/c1-10-11-12(15-9-16-13(11)20-17-10)18(2)7-8-19-5-3-14-4-6-19/h9,14H,3-8H2,1-2H3. The number of nitrogens with zero attached hydrogens (tertiary/aromatic N) is 5. The van der Waals surface area contributed by atoms with E-state index in [-0.39, 0.29) is 0 Å². The van der Waals surface area contributed by atoms with E-state index in [0.29, 0.717) is 5.71 Å². The van der Waals surface area contributed by atoms with Gasteiger partial charge in [-0.1, -0.05) is 5.16 Å². The van der Waals surface area contributed by atoms with Crippen molar-refractivity contribution < 1.29 is 4.52 Å². The number of fused-ring (bicyclic) bond motifs is 1. The summed E-state index contributed by atoms with van der Waals surface area (Å²) in [4.78, 5) is 13.1. The van der Waals surface area contributed by atoms with Crippen LogP contribution in [0.1, 0.15) is 5.69 Å². The number of rotatable bonds is 4. The molecule has 0 bridgehead atoms. The van der Waals surface area contributed by atoms with E-state index < -0.39 is 0 Å². The highest BCUT2D eigenvalue weighted by molar-refractivity contribution is 5.87. The maximum atomic E-state index is 5.19. The Bertz CT molecular complexity index is 577. The van der Waals surface area contributed by atoms with Crippen LogP contribution in [0.3, 0.4) is 0 Å². The second-order valence-electron chi connectivity index (χ2n) is 5.16. The van der Waals surface area contributed by atoms with Crippen molar-refractivity contribution in [3.05, 3.63) is 12.0 Å². The lowest BCUT2D eigenvalue weighted by atomic mass is 10.3. The molecule has 0 radical (unpaired) electrons. The summed E-state index contributed by atoms with van der Waals surface area (Å²) in [6, 6.07) is 0. The average molecular weight is 276 g/mol. The summed E-state index contributed by atoms with van der Waals surface area (Å²) in [7, 11) is 2.05. The van der Waals surface area contributed by atoms with Gasteiger partial charge in [0.2, 0.25) is 0 Å². The number of anilines is 1. The highest BCUT2D eigenvalue weighted by atomic mass is 16.5. The molecule has 0 aliphatic carbocycles. The Labute approximate surface area is 118 Å². The van der Waals surface area contributed by atoms with E-state index in [1.54, 1.807) is 0 Å². The van der Waals surface area contributed by atoms with Gasteiger partial charge in [-0.3, -0.25) is 4.90 Å². The third kappa shape index (κ3) is 2.59. The molecule has 0 saturated carbocycles. The van der Waals surface area contributed by atoms with Crippen molar-refractivity contribution >= 4 is 16.9 Å². The molecule has 0 atom stereocenters. The van der Waals surface area contributed by atoms with Crippen LogP contribution < -0.4 is 10.2 Å². The van der Waals surface area contributed by atoms with Gasteiger partial charge in [0.05, 0.1) is 5.69 Å². The highest BCUT2D eigenvalue weighted by Crippen LogP contribution is 2.24. The molecule has 1 aliphatic heterocycles. The van der Waals surface area contributed by atoms with E-state index in [1.165, 1.54) is 6.33 Å². The zero-order chi connectivity index (χ0) is 13.9. The molecule has 20 heavy (non-hydrogen) atoms. The Morgan fingerprint density at radius 2 is 2.15 bits per heavy atom. The zero-order valence-electron chi connectivity index (χ0n) is 12.0. The summed E-state index contributed by atoms with van der Waals surface area (Å²) in [6.45, 7) is 8.25. The molecule has 7 heteroatoms. The number of hydrogen-bond donors (Lipinski definition) is 1. The lowest BCUT2D eigenvalue weighted by Crippen LogP contribution is -2.46. The van der Waals surface area contributed by atoms with Gasteiger partial charge in [-0.05, 0) is 6.92 Å². The number of nitrogens with one attached hydrogen (secondary N) is 1. The van der Waals surface area contributed by atoms with Crippen LogP contribution in [0.2, 0.25) is 0 Å². The van der Waals surface area contributed by atoms with E-state index in [0.717, 1.165) is 56.2 Å². The Morgan fingerprint density at radius 1 is 1.35 bits per heavy atom. The van der Waals surface area contributed by atoms with E-state index in [2.05, 4.69) is 37.3 Å². The largest absolute Gasteiger partial charge is 0.358 e. The van der Waals surface area contributed by atoms with Crippen LogP contribution in [-0.2, 0) is 0 Å². The fourth-order valence-corrected chi connectivity index (χ4v) is 2.53. The number of likely N-dealkylation sites (N-methyl/N-ethyl adjacent to an activating group) is 1. The van der Waals surface area contributed by atoms with Crippen molar-refractivity contribution in [1.29, 1.82) is 0 Å². The molecular formula is C13H20N6O. The number of aromatic nitrogens is 3. The smallest absolute Gasteiger partial charge is 0.263 e. The van der Waals surface area contributed by atoms with Gasteiger partial charge >= 0.3 is 0 Å². The Balaban J connectivity index is 1.71. The molecule has 1 fully saturated rings. The van der Waals surface area contributed by atoms with Crippen molar-refractivity contribution in [1.82, 2.24) is 25.3 Å². The number of hydrogen-bond acceptors (Lipinski definition) is 7. The van der Waals surface area contributed by atoms with Crippen LogP contribution in [0, 0.1) is 6.92 Å². The van der Waals surface area contributed by atoms with Crippen LogP contribution in [0.15, 0.2) is 10.9 Å². The molecule has 7 nitrogen and oxygen atoms in total. The molecule has 0 aromatic carbocycles. The lowest BCUT2D eigenvalue weighted by molar-refractivity contribution is 0.246. The second-order valence-corrected chi connectivity index (χ2v) is 5.16. The first kappa shape index (κ1) is 13.3. The summed E-state index contributed by atoms with van der Waals surface area (Å²) >= 11 is 0. The molecule has 0 spiro atoms. The SMILES string of the molecule is Cc1noc2ncnc(N(C)CCN3CCNCC3)c12. The van der Waals surface area contributed by atoms with Crippen molar-refractivity contribution in [3.63, 3.8) is 0 Å². The van der Waals surface area contributed by atoms with Crippen molar-refractivity contribution in [2.24, 2.45) is 0 Å². The van der Waals surface area contributed by atoms with Gasteiger partial charge in [-0.15, -0.1) is 0 Å². The van der Waals surface area contributed by atoms with Crippen LogP contribution in [0.25, 0.3) is 11.1 Å². The Morgan fingerprint density at radius 3 is 2.95 bits per heavy atom. The summed E-state index contributed by atoms with van der Waals surface area (Å²) < 4.78 is 5.19. The predicted molar refractivity (Wildman–Crippen MR) is 76.9 cm³/mol. The first-order valence-electron chi connectivity index (χ1n) is 6.97. The molecule has 2 aromatic heterocycles. The van der Waals surface area contributed by atoms with E-state index in [1.807, 2.05) is 6.92 Å². The van der Waals surface area contributed by atoms with Crippen LogP contribution in [0.5, 0.6) is 0 Å². The maximum Gasteiger partial charge on any atom is 0.263 e. The topological polar surface area (TPSA) is 70.3 Å². The van der Waals surface area contributed by atoms with Gasteiger partial charge in [0.15, 0.2) is 0 Å². The number of piperazine rings is 1. The third-order valence-electron chi connectivity index (χ3n) is 3.75. The molecule has 1 aliphatic rings. The van der Waals surface area contributed by atoms with Gasteiger partial charge in [0.25, 0.3) is 5.71 Å². The van der Waals surface area contributed by atoms with E-state index in [9.17, 15) is 0 Å². The maximum absolute atomic E-state index is 5.19. The monoisotopic (exact) mass is 276 g/mol. The van der Waals surface area contributed by atoms with Crippen molar-refractivity contribution in [2.45, 2.75) is 6.92 Å². The third-order valence-corrected chi connectivity index (χ3v) is 3.75. The molecule has 1 saturated heterocycles. The summed E-state index contributed by atoms with van der Waals surface area (Å²) in [5.41, 5.74) is 1.39. The van der Waals surface area contributed by atoms with E-state index >= 15 is 0 Å². The molecule has 3 rings (SSSR count). The van der Waals surface area contributed by atoms with Gasteiger partial charge < -0.3 is 14.7 Å². The second kappa shape index (κ2) is 5.72. The van der Waals surface area contributed by atoms with E-state index in [4.69, 9.17) is 4.52 Å². The Kier molecular flexibility index (Phi) is 3.79. The predicted octanol–water partition coefficient (Wildman–Crippen LogP) is 0.268. The minimum Gasteiger partial charge on any atom is -0.358 e. The molecule has 0 amide bonds. The molecular weight excluding hydrogens is 256 g/mol. The molecule has 1 N–H and O–H groups in total. The fourth-order valence-electron chi connectivity index (χ4n) is 2.53. The zero-order valence-corrected chi connectivity index (χ0v) is 12.0. The quantitative estimate of drug-likeness (QED) is 0.859. The minimum atomic E-state index is 0.557. The van der Waals surface area contributed by atoms with Gasteiger partial charge in [0.1, 0.15) is 17.5 Å². The van der Waals surface area contributed by atoms with Crippen molar-refractivity contribution in [3.8, 4) is 0 Å². The van der Waals surface area contributed by atoms with Gasteiger partial charge in [-0.25, -0.2) is 4.98 Å². The van der Waals surface area contributed by atoms with Crippen LogP contribution in [0.4, 0.5) is 5.82 Å². The fraction of sp³-hybridized carbons (Fsp3) is 0.615.